The standard InChI is InChI=1S/C23H13F5N2O3S2/c24-18-7-6-16(10-15(18)12-29)33-21-19(25)11-20-17(22(21)34-23(26,27)28)8-9-30(20)35(31,32)13-14-4-2-1-3-5-14/h1-11H,13H2. The van der Waals surface area contributed by atoms with Crippen molar-refractivity contribution in [1.82, 2.24) is 3.97 Å². The summed E-state index contributed by atoms with van der Waals surface area (Å²) < 4.78 is 101. The topological polar surface area (TPSA) is 72.1 Å². The summed E-state index contributed by atoms with van der Waals surface area (Å²) in [5.41, 5.74) is -5.20. The average Bonchev–Trinajstić information content (AvgIpc) is 3.21. The molecule has 0 saturated heterocycles. The number of hydrogen-bond donors (Lipinski definition) is 0. The number of alkyl halides is 3. The van der Waals surface area contributed by atoms with Gasteiger partial charge in [-0.25, -0.2) is 21.2 Å². The summed E-state index contributed by atoms with van der Waals surface area (Å²) in [5, 5.41) is 8.75. The second kappa shape index (κ2) is 9.24. The molecule has 0 spiro atoms. The maximum absolute atomic E-state index is 15.1. The van der Waals surface area contributed by atoms with E-state index in [4.69, 9.17) is 10.00 Å². The molecule has 0 N–H and O–H groups in total. The largest absolute Gasteiger partial charge is 0.453 e. The van der Waals surface area contributed by atoms with E-state index in [0.29, 0.717) is 9.54 Å². The van der Waals surface area contributed by atoms with Gasteiger partial charge >= 0.3 is 5.51 Å². The van der Waals surface area contributed by atoms with Crippen LogP contribution in [-0.4, -0.2) is 17.9 Å². The third-order valence-electron chi connectivity index (χ3n) is 4.81. The van der Waals surface area contributed by atoms with Crippen LogP contribution in [0.15, 0.2) is 71.8 Å². The van der Waals surface area contributed by atoms with E-state index >= 15 is 4.39 Å². The molecule has 0 aliphatic rings. The Labute approximate surface area is 200 Å². The number of halogens is 5. The normalized spacial score (nSPS) is 12.0. The second-order valence-corrected chi connectivity index (χ2v) is 10.1. The van der Waals surface area contributed by atoms with Gasteiger partial charge in [0.1, 0.15) is 17.6 Å². The molecule has 0 amide bonds. The molecule has 0 unspecified atom stereocenters. The molecule has 0 bridgehead atoms. The van der Waals surface area contributed by atoms with Crippen molar-refractivity contribution in [3.8, 4) is 17.6 Å². The highest BCUT2D eigenvalue weighted by Crippen LogP contribution is 2.48. The van der Waals surface area contributed by atoms with Crippen LogP contribution in [0, 0.1) is 23.0 Å². The third-order valence-corrected chi connectivity index (χ3v) is 7.27. The first-order chi connectivity index (χ1) is 16.5. The zero-order valence-electron chi connectivity index (χ0n) is 17.4. The summed E-state index contributed by atoms with van der Waals surface area (Å²) in [5.74, 6) is -3.75. The van der Waals surface area contributed by atoms with Crippen LogP contribution in [0.3, 0.4) is 0 Å². The lowest BCUT2D eigenvalue weighted by molar-refractivity contribution is -0.0328. The molecule has 12 heteroatoms. The van der Waals surface area contributed by atoms with Gasteiger partial charge in [0.2, 0.25) is 10.0 Å². The number of rotatable bonds is 6. The maximum atomic E-state index is 15.1. The van der Waals surface area contributed by atoms with Gasteiger partial charge in [0.15, 0.2) is 11.6 Å². The van der Waals surface area contributed by atoms with Gasteiger partial charge in [-0.05, 0) is 35.5 Å². The van der Waals surface area contributed by atoms with Gasteiger partial charge in [0.25, 0.3) is 0 Å². The first-order valence-electron chi connectivity index (χ1n) is 9.72. The van der Waals surface area contributed by atoms with E-state index in [9.17, 15) is 26.0 Å². The number of benzene rings is 3. The number of fused-ring (bicyclic) bond motifs is 1. The van der Waals surface area contributed by atoms with E-state index < -0.39 is 60.9 Å². The molecule has 5 nitrogen and oxygen atoms in total. The lowest BCUT2D eigenvalue weighted by Crippen LogP contribution is -2.14. The van der Waals surface area contributed by atoms with Crippen molar-refractivity contribution in [2.24, 2.45) is 0 Å². The van der Waals surface area contributed by atoms with Crippen LogP contribution in [0.1, 0.15) is 11.1 Å². The highest BCUT2D eigenvalue weighted by Gasteiger charge is 2.34. The van der Waals surface area contributed by atoms with Gasteiger partial charge in [-0.3, -0.25) is 0 Å². The van der Waals surface area contributed by atoms with Crippen molar-refractivity contribution in [3.63, 3.8) is 0 Å². The molecule has 35 heavy (non-hydrogen) atoms. The summed E-state index contributed by atoms with van der Waals surface area (Å²) in [7, 11) is -4.12. The number of thioether (sulfide) groups is 1. The number of hydrogen-bond acceptors (Lipinski definition) is 5. The summed E-state index contributed by atoms with van der Waals surface area (Å²) in [6.45, 7) is 0. The van der Waals surface area contributed by atoms with Gasteiger partial charge in [-0.15, -0.1) is 0 Å². The van der Waals surface area contributed by atoms with Crippen LogP contribution in [-0.2, 0) is 15.8 Å². The Bertz CT molecular complexity index is 1560. The van der Waals surface area contributed by atoms with Crippen LogP contribution < -0.4 is 4.74 Å². The monoisotopic (exact) mass is 524 g/mol. The number of nitriles is 1. The predicted molar refractivity (Wildman–Crippen MR) is 119 cm³/mol. The fraction of sp³-hybridized carbons (Fsp3) is 0.0870. The van der Waals surface area contributed by atoms with Crippen molar-refractivity contribution in [2.75, 3.05) is 0 Å². The van der Waals surface area contributed by atoms with E-state index in [0.717, 1.165) is 36.5 Å². The van der Waals surface area contributed by atoms with Crippen molar-refractivity contribution < 1.29 is 35.1 Å². The number of ether oxygens (including phenoxy) is 1. The summed E-state index contributed by atoms with van der Waals surface area (Å²) in [6.07, 6.45) is 1.04. The van der Waals surface area contributed by atoms with E-state index in [1.807, 2.05) is 0 Å². The van der Waals surface area contributed by atoms with Gasteiger partial charge in [0, 0.05) is 23.7 Å². The summed E-state index contributed by atoms with van der Waals surface area (Å²) in [6, 6.07) is 14.3. The zero-order chi connectivity index (χ0) is 25.4. The van der Waals surface area contributed by atoms with Gasteiger partial charge in [-0.2, -0.15) is 18.4 Å². The van der Waals surface area contributed by atoms with Gasteiger partial charge in [0.05, 0.1) is 21.7 Å². The Kier molecular flexibility index (Phi) is 6.48. The minimum atomic E-state index is -4.87. The molecule has 0 aliphatic heterocycles. The van der Waals surface area contributed by atoms with Crippen LogP contribution >= 0.6 is 11.8 Å². The number of aromatic nitrogens is 1. The van der Waals surface area contributed by atoms with Crippen molar-refractivity contribution >= 4 is 32.7 Å². The fourth-order valence-corrected chi connectivity index (χ4v) is 5.55. The fourth-order valence-electron chi connectivity index (χ4n) is 3.36. The Morgan fingerprint density at radius 3 is 2.37 bits per heavy atom. The quantitative estimate of drug-likeness (QED) is 0.211. The first-order valence-corrected chi connectivity index (χ1v) is 12.1. The summed E-state index contributed by atoms with van der Waals surface area (Å²) >= 11 is -0.681. The molecular weight excluding hydrogens is 511 g/mol. The molecule has 1 aromatic heterocycles. The molecular formula is C23H13F5N2O3S2. The Morgan fingerprint density at radius 1 is 1.00 bits per heavy atom. The van der Waals surface area contributed by atoms with Crippen LogP contribution in [0.25, 0.3) is 10.9 Å². The van der Waals surface area contributed by atoms with E-state index in [1.54, 1.807) is 36.4 Å². The third kappa shape index (κ3) is 5.26. The molecule has 180 valence electrons. The lowest BCUT2D eigenvalue weighted by Gasteiger charge is -2.16. The van der Waals surface area contributed by atoms with E-state index in [1.165, 1.54) is 0 Å². The summed E-state index contributed by atoms with van der Waals surface area (Å²) in [4.78, 5) is -0.719. The van der Waals surface area contributed by atoms with Crippen molar-refractivity contribution in [1.29, 1.82) is 5.26 Å². The zero-order valence-corrected chi connectivity index (χ0v) is 19.0. The molecule has 1 heterocycles. The maximum Gasteiger partial charge on any atom is 0.446 e. The highest BCUT2D eigenvalue weighted by atomic mass is 32.2. The molecule has 0 atom stereocenters. The van der Waals surface area contributed by atoms with Gasteiger partial charge in [-0.1, -0.05) is 30.3 Å². The number of nitrogens with zero attached hydrogens (tertiary/aromatic N) is 2. The second-order valence-electron chi connectivity index (χ2n) is 7.21. The van der Waals surface area contributed by atoms with Crippen LogP contribution in [0.2, 0.25) is 0 Å². The lowest BCUT2D eigenvalue weighted by atomic mass is 10.2. The van der Waals surface area contributed by atoms with Gasteiger partial charge < -0.3 is 4.74 Å². The predicted octanol–water partition coefficient (Wildman–Crippen LogP) is 6.57. The molecule has 4 aromatic rings. The van der Waals surface area contributed by atoms with Crippen molar-refractivity contribution in [3.05, 3.63) is 89.6 Å². The molecule has 0 saturated carbocycles. The minimum absolute atomic E-state index is 0.219. The SMILES string of the molecule is N#Cc1cc(Oc2c(F)cc3c(ccn3S(=O)(=O)Cc3ccccc3)c2SC(F)(F)F)ccc1F. The smallest absolute Gasteiger partial charge is 0.446 e. The highest BCUT2D eigenvalue weighted by molar-refractivity contribution is 8.00. The van der Waals surface area contributed by atoms with E-state index in [-0.39, 0.29) is 16.7 Å². The van der Waals surface area contributed by atoms with Crippen LogP contribution in [0.5, 0.6) is 11.5 Å². The van der Waals surface area contributed by atoms with Crippen LogP contribution in [0.4, 0.5) is 22.0 Å². The Hall–Kier alpha value is -3.56. The molecule has 0 radical (unpaired) electrons. The minimum Gasteiger partial charge on any atom is -0.453 e. The Morgan fingerprint density at radius 2 is 1.71 bits per heavy atom. The Balaban J connectivity index is 1.85. The van der Waals surface area contributed by atoms with Crippen molar-refractivity contribution in [2.45, 2.75) is 16.2 Å². The molecule has 3 aromatic carbocycles. The molecule has 0 fully saturated rings. The molecule has 4 rings (SSSR count). The first kappa shape index (κ1) is 24.6. The average molecular weight is 524 g/mol. The van der Waals surface area contributed by atoms with E-state index in [2.05, 4.69) is 0 Å². The molecule has 0 aliphatic carbocycles.